The monoisotopic (exact) mass is 238 g/mol. The molecule has 94 valence electrons. The molecular weight excluding hydrogens is 220 g/mol. The summed E-state index contributed by atoms with van der Waals surface area (Å²) in [5, 5.41) is 4.08. The summed E-state index contributed by atoms with van der Waals surface area (Å²) in [5.74, 6) is 0.0652. The smallest absolute Gasteiger partial charge is 0.247 e. The van der Waals surface area contributed by atoms with Crippen molar-refractivity contribution < 1.29 is 9.53 Å². The summed E-state index contributed by atoms with van der Waals surface area (Å²) >= 11 is 0. The molecule has 2 N–H and O–H groups in total. The number of hydrogen-bond acceptors (Lipinski definition) is 4. The van der Waals surface area contributed by atoms with E-state index in [2.05, 4.69) is 5.10 Å². The molecule has 17 heavy (non-hydrogen) atoms. The van der Waals surface area contributed by atoms with E-state index in [-0.39, 0.29) is 18.1 Å². The third kappa shape index (κ3) is 2.65. The molecule has 0 aromatic carbocycles. The number of amides is 1. The molecule has 1 amide bonds. The van der Waals surface area contributed by atoms with Gasteiger partial charge in [0.15, 0.2) is 0 Å². The number of nitrogens with two attached hydrogens (primary N) is 1. The van der Waals surface area contributed by atoms with E-state index >= 15 is 0 Å². The predicted molar refractivity (Wildman–Crippen MR) is 62.3 cm³/mol. The molecule has 1 fully saturated rings. The summed E-state index contributed by atoms with van der Waals surface area (Å²) in [6.45, 7) is 4.05. The van der Waals surface area contributed by atoms with Crippen LogP contribution in [0.2, 0.25) is 0 Å². The molecule has 2 atom stereocenters. The highest BCUT2D eigenvalue weighted by atomic mass is 16.5. The minimum absolute atomic E-state index is 0.0440. The molecule has 6 nitrogen and oxygen atoms in total. The summed E-state index contributed by atoms with van der Waals surface area (Å²) in [7, 11) is 0. The van der Waals surface area contributed by atoms with Crippen molar-refractivity contribution >= 4 is 5.91 Å². The molecule has 0 radical (unpaired) electrons. The fourth-order valence-corrected chi connectivity index (χ4v) is 1.95. The molecule has 0 aliphatic carbocycles. The van der Waals surface area contributed by atoms with E-state index < -0.39 is 0 Å². The number of carbonyl (C=O) groups excluding carboxylic acids is 1. The van der Waals surface area contributed by atoms with Gasteiger partial charge < -0.3 is 15.4 Å². The molecule has 1 aromatic rings. The number of carbonyl (C=O) groups is 1. The lowest BCUT2D eigenvalue weighted by Crippen LogP contribution is -2.49. The molecule has 1 aliphatic rings. The molecule has 0 spiro atoms. The highest BCUT2D eigenvalue weighted by Gasteiger charge is 2.27. The molecule has 6 heteroatoms. The second-order valence-electron chi connectivity index (χ2n) is 4.17. The van der Waals surface area contributed by atoms with Crippen molar-refractivity contribution in [1.82, 2.24) is 14.7 Å². The van der Waals surface area contributed by atoms with Gasteiger partial charge >= 0.3 is 0 Å². The van der Waals surface area contributed by atoms with Crippen molar-refractivity contribution in [3.05, 3.63) is 18.5 Å². The first-order valence-corrected chi connectivity index (χ1v) is 5.82. The van der Waals surface area contributed by atoms with Crippen LogP contribution in [0.5, 0.6) is 0 Å². The van der Waals surface area contributed by atoms with Crippen molar-refractivity contribution in [2.24, 2.45) is 5.73 Å². The SMILES string of the molecule is CC(C(=O)N1CCOC(CN)C1)n1cccn1. The van der Waals surface area contributed by atoms with Gasteiger partial charge in [0.25, 0.3) is 0 Å². The van der Waals surface area contributed by atoms with Crippen molar-refractivity contribution in [2.45, 2.75) is 19.1 Å². The van der Waals surface area contributed by atoms with E-state index in [1.54, 1.807) is 22.0 Å². The maximum absolute atomic E-state index is 12.2. The predicted octanol–water partition coefficient (Wildman–Crippen LogP) is -0.370. The standard InChI is InChI=1S/C11H18N4O2/c1-9(15-4-2-3-13-15)11(16)14-5-6-17-10(7-12)8-14/h2-4,9-10H,5-8,12H2,1H3. The Hall–Kier alpha value is -1.40. The first-order chi connectivity index (χ1) is 8.22. The maximum Gasteiger partial charge on any atom is 0.247 e. The van der Waals surface area contributed by atoms with E-state index in [1.165, 1.54) is 0 Å². The number of nitrogens with zero attached hydrogens (tertiary/aromatic N) is 3. The van der Waals surface area contributed by atoms with Crippen molar-refractivity contribution in [1.29, 1.82) is 0 Å². The summed E-state index contributed by atoms with van der Waals surface area (Å²) < 4.78 is 7.10. The highest BCUT2D eigenvalue weighted by molar-refractivity contribution is 5.80. The second-order valence-corrected chi connectivity index (χ2v) is 4.17. The number of aromatic nitrogens is 2. The molecule has 1 saturated heterocycles. The van der Waals surface area contributed by atoms with Crippen LogP contribution >= 0.6 is 0 Å². The van der Waals surface area contributed by atoms with Crippen LogP contribution in [-0.4, -0.2) is 52.9 Å². The minimum atomic E-state index is -0.276. The van der Waals surface area contributed by atoms with Crippen LogP contribution in [0.3, 0.4) is 0 Å². The van der Waals surface area contributed by atoms with Crippen molar-refractivity contribution in [3.63, 3.8) is 0 Å². The maximum atomic E-state index is 12.2. The fourth-order valence-electron chi connectivity index (χ4n) is 1.95. The third-order valence-electron chi connectivity index (χ3n) is 2.99. The Morgan fingerprint density at radius 1 is 1.71 bits per heavy atom. The summed E-state index contributed by atoms with van der Waals surface area (Å²) in [6.07, 6.45) is 3.42. The Morgan fingerprint density at radius 2 is 2.53 bits per heavy atom. The number of hydrogen-bond donors (Lipinski definition) is 1. The van der Waals surface area contributed by atoms with Crippen LogP contribution in [0.1, 0.15) is 13.0 Å². The van der Waals surface area contributed by atoms with Gasteiger partial charge in [-0.15, -0.1) is 0 Å². The molecular formula is C11H18N4O2. The van der Waals surface area contributed by atoms with E-state index in [1.807, 2.05) is 13.0 Å². The zero-order chi connectivity index (χ0) is 12.3. The lowest BCUT2D eigenvalue weighted by Gasteiger charge is -2.33. The normalized spacial score (nSPS) is 22.5. The van der Waals surface area contributed by atoms with Crippen LogP contribution < -0.4 is 5.73 Å². The minimum Gasteiger partial charge on any atom is -0.373 e. The third-order valence-corrected chi connectivity index (χ3v) is 2.99. The Balaban J connectivity index is 1.99. The Labute approximate surface area is 100 Å². The summed E-state index contributed by atoms with van der Waals surface area (Å²) in [4.78, 5) is 14.0. The van der Waals surface area contributed by atoms with Gasteiger partial charge in [-0.25, -0.2) is 0 Å². The average Bonchev–Trinajstić information content (AvgIpc) is 2.91. The Kier molecular flexibility index (Phi) is 3.75. The first-order valence-electron chi connectivity index (χ1n) is 5.82. The molecule has 1 aliphatic heterocycles. The molecule has 2 rings (SSSR count). The molecule has 1 aromatic heterocycles. The van der Waals surface area contributed by atoms with E-state index in [0.717, 1.165) is 0 Å². The van der Waals surface area contributed by atoms with Gasteiger partial charge in [0, 0.05) is 32.0 Å². The van der Waals surface area contributed by atoms with Gasteiger partial charge in [0.05, 0.1) is 12.7 Å². The average molecular weight is 238 g/mol. The summed E-state index contributed by atoms with van der Waals surface area (Å²) in [6, 6.07) is 1.53. The van der Waals surface area contributed by atoms with Gasteiger partial charge in [-0.2, -0.15) is 5.10 Å². The fraction of sp³-hybridized carbons (Fsp3) is 0.636. The van der Waals surface area contributed by atoms with Crippen LogP contribution in [0, 0.1) is 0 Å². The van der Waals surface area contributed by atoms with E-state index in [0.29, 0.717) is 26.2 Å². The van der Waals surface area contributed by atoms with E-state index in [9.17, 15) is 4.79 Å². The van der Waals surface area contributed by atoms with E-state index in [4.69, 9.17) is 10.5 Å². The number of ether oxygens (including phenoxy) is 1. The number of morpholine rings is 1. The van der Waals surface area contributed by atoms with Crippen molar-refractivity contribution in [2.75, 3.05) is 26.2 Å². The second kappa shape index (κ2) is 5.29. The highest BCUT2D eigenvalue weighted by Crippen LogP contribution is 2.12. The van der Waals surface area contributed by atoms with Gasteiger partial charge in [-0.3, -0.25) is 9.48 Å². The Bertz CT molecular complexity index is 366. The lowest BCUT2D eigenvalue weighted by molar-refractivity contribution is -0.141. The molecule has 2 unspecified atom stereocenters. The van der Waals surface area contributed by atoms with Crippen LogP contribution in [-0.2, 0) is 9.53 Å². The van der Waals surface area contributed by atoms with Crippen LogP contribution in [0.4, 0.5) is 0 Å². The Morgan fingerprint density at radius 3 is 3.18 bits per heavy atom. The molecule has 0 saturated carbocycles. The van der Waals surface area contributed by atoms with Gasteiger partial charge in [-0.05, 0) is 13.0 Å². The van der Waals surface area contributed by atoms with Crippen molar-refractivity contribution in [3.8, 4) is 0 Å². The quantitative estimate of drug-likeness (QED) is 0.779. The molecule has 2 heterocycles. The lowest BCUT2D eigenvalue weighted by atomic mass is 10.2. The van der Waals surface area contributed by atoms with Gasteiger partial charge in [0.2, 0.25) is 5.91 Å². The summed E-state index contributed by atoms with van der Waals surface area (Å²) in [5.41, 5.74) is 5.56. The topological polar surface area (TPSA) is 73.4 Å². The zero-order valence-corrected chi connectivity index (χ0v) is 9.95. The largest absolute Gasteiger partial charge is 0.373 e. The first kappa shape index (κ1) is 12.1. The van der Waals surface area contributed by atoms with Gasteiger partial charge in [-0.1, -0.05) is 0 Å². The van der Waals surface area contributed by atoms with Crippen LogP contribution in [0.25, 0.3) is 0 Å². The number of rotatable bonds is 3. The van der Waals surface area contributed by atoms with Crippen LogP contribution in [0.15, 0.2) is 18.5 Å². The zero-order valence-electron chi connectivity index (χ0n) is 9.95. The molecule has 0 bridgehead atoms. The van der Waals surface area contributed by atoms with Gasteiger partial charge in [0.1, 0.15) is 6.04 Å².